The second-order valence-corrected chi connectivity index (χ2v) is 7.09. The third-order valence-corrected chi connectivity index (χ3v) is 6.16. The summed E-state index contributed by atoms with van der Waals surface area (Å²) in [4.78, 5) is 5.27. The fourth-order valence-electron chi connectivity index (χ4n) is 3.43. The molecule has 0 amide bonds. The van der Waals surface area contributed by atoms with Gasteiger partial charge in [0, 0.05) is 44.6 Å². The van der Waals surface area contributed by atoms with Crippen LogP contribution >= 0.6 is 15.9 Å². The first-order valence-electron chi connectivity index (χ1n) is 7.84. The van der Waals surface area contributed by atoms with Crippen LogP contribution in [-0.2, 0) is 6.54 Å². The predicted molar refractivity (Wildman–Crippen MR) is 88.2 cm³/mol. The van der Waals surface area contributed by atoms with Crippen LogP contribution in [0.5, 0.6) is 0 Å². The fourth-order valence-corrected chi connectivity index (χ4v) is 4.17. The topological polar surface area (TPSA) is 6.48 Å². The molecule has 0 radical (unpaired) electrons. The summed E-state index contributed by atoms with van der Waals surface area (Å²) in [5.41, 5.74) is 2.04. The summed E-state index contributed by atoms with van der Waals surface area (Å²) in [6, 6.07) is 10.9. The highest BCUT2D eigenvalue weighted by molar-refractivity contribution is 9.09. The molecule has 1 aromatic rings. The van der Waals surface area contributed by atoms with Crippen molar-refractivity contribution in [2.24, 2.45) is 5.41 Å². The maximum absolute atomic E-state index is 3.73. The Morgan fingerprint density at radius 3 is 2.15 bits per heavy atom. The van der Waals surface area contributed by atoms with Gasteiger partial charge in [-0.25, -0.2) is 0 Å². The maximum Gasteiger partial charge on any atom is 0.0234 e. The molecule has 2 fully saturated rings. The van der Waals surface area contributed by atoms with Crippen LogP contribution in [0.3, 0.4) is 0 Å². The Bertz CT molecular complexity index is 403. The van der Waals surface area contributed by atoms with Crippen LogP contribution in [0, 0.1) is 5.41 Å². The van der Waals surface area contributed by atoms with Gasteiger partial charge in [-0.1, -0.05) is 52.7 Å². The second-order valence-electron chi connectivity index (χ2n) is 6.53. The molecule has 1 aliphatic heterocycles. The molecule has 3 heteroatoms. The lowest BCUT2D eigenvalue weighted by Crippen LogP contribution is -2.51. The number of rotatable bonds is 5. The molecular weight excluding hydrogens is 312 g/mol. The van der Waals surface area contributed by atoms with E-state index in [9.17, 15) is 0 Å². The van der Waals surface area contributed by atoms with E-state index in [0.29, 0.717) is 5.41 Å². The molecule has 2 aliphatic rings. The summed E-state index contributed by atoms with van der Waals surface area (Å²) in [6.45, 7) is 7.32. The molecule has 0 atom stereocenters. The summed E-state index contributed by atoms with van der Waals surface area (Å²) < 4.78 is 0. The van der Waals surface area contributed by atoms with E-state index < -0.39 is 0 Å². The minimum absolute atomic E-state index is 0.599. The third kappa shape index (κ3) is 3.44. The molecule has 0 bridgehead atoms. The van der Waals surface area contributed by atoms with Gasteiger partial charge < -0.3 is 4.90 Å². The highest BCUT2D eigenvalue weighted by Crippen LogP contribution is 2.43. The van der Waals surface area contributed by atoms with Crippen molar-refractivity contribution in [2.75, 3.05) is 38.1 Å². The predicted octanol–water partition coefficient (Wildman–Crippen LogP) is 3.37. The summed E-state index contributed by atoms with van der Waals surface area (Å²) in [7, 11) is 0. The van der Waals surface area contributed by atoms with Gasteiger partial charge in [-0.15, -0.1) is 0 Å². The third-order valence-electron chi connectivity index (χ3n) is 4.97. The lowest BCUT2D eigenvalue weighted by atomic mass is 9.70. The minimum atomic E-state index is 0.599. The second kappa shape index (κ2) is 6.59. The molecule has 1 aromatic carbocycles. The van der Waals surface area contributed by atoms with Gasteiger partial charge in [-0.3, -0.25) is 4.90 Å². The molecule has 1 saturated carbocycles. The molecule has 20 heavy (non-hydrogen) atoms. The fraction of sp³-hybridized carbons (Fsp3) is 0.647. The average Bonchev–Trinajstić information content (AvgIpc) is 2.46. The van der Waals surface area contributed by atoms with Crippen molar-refractivity contribution in [3.8, 4) is 0 Å². The SMILES string of the molecule is BrCC1(CN2CCN(Cc3ccccc3)CC2)CCC1. The average molecular weight is 337 g/mol. The molecule has 110 valence electrons. The highest BCUT2D eigenvalue weighted by Gasteiger charge is 2.37. The highest BCUT2D eigenvalue weighted by atomic mass is 79.9. The van der Waals surface area contributed by atoms with Crippen molar-refractivity contribution in [1.29, 1.82) is 0 Å². The molecule has 0 aromatic heterocycles. The van der Waals surface area contributed by atoms with Crippen LogP contribution in [-0.4, -0.2) is 47.9 Å². The van der Waals surface area contributed by atoms with E-state index in [0.717, 1.165) is 6.54 Å². The van der Waals surface area contributed by atoms with Crippen molar-refractivity contribution in [3.05, 3.63) is 35.9 Å². The largest absolute Gasteiger partial charge is 0.300 e. The Labute approximate surface area is 131 Å². The Morgan fingerprint density at radius 1 is 0.950 bits per heavy atom. The number of piperazine rings is 1. The van der Waals surface area contributed by atoms with Crippen molar-refractivity contribution in [2.45, 2.75) is 25.8 Å². The molecule has 0 spiro atoms. The van der Waals surface area contributed by atoms with Crippen LogP contribution in [0.2, 0.25) is 0 Å². The van der Waals surface area contributed by atoms with Crippen LogP contribution in [0.1, 0.15) is 24.8 Å². The van der Waals surface area contributed by atoms with E-state index in [4.69, 9.17) is 0 Å². The monoisotopic (exact) mass is 336 g/mol. The molecule has 0 unspecified atom stereocenters. The van der Waals surface area contributed by atoms with Gasteiger partial charge in [-0.05, 0) is 23.8 Å². The zero-order valence-corrected chi connectivity index (χ0v) is 13.8. The number of hydrogen-bond donors (Lipinski definition) is 0. The van der Waals surface area contributed by atoms with Crippen LogP contribution in [0.15, 0.2) is 30.3 Å². The quantitative estimate of drug-likeness (QED) is 0.760. The lowest BCUT2D eigenvalue weighted by molar-refractivity contribution is 0.0523. The smallest absolute Gasteiger partial charge is 0.0234 e. The van der Waals surface area contributed by atoms with Gasteiger partial charge >= 0.3 is 0 Å². The Kier molecular flexibility index (Phi) is 4.79. The van der Waals surface area contributed by atoms with Gasteiger partial charge in [0.2, 0.25) is 0 Å². The van der Waals surface area contributed by atoms with E-state index in [2.05, 4.69) is 56.1 Å². The molecule has 2 nitrogen and oxygen atoms in total. The van der Waals surface area contributed by atoms with Crippen molar-refractivity contribution < 1.29 is 0 Å². The van der Waals surface area contributed by atoms with Gasteiger partial charge in [0.05, 0.1) is 0 Å². The van der Waals surface area contributed by atoms with Crippen molar-refractivity contribution in [1.82, 2.24) is 9.80 Å². The van der Waals surface area contributed by atoms with Gasteiger partial charge in [0.15, 0.2) is 0 Å². The van der Waals surface area contributed by atoms with E-state index in [1.807, 2.05) is 0 Å². The van der Waals surface area contributed by atoms with E-state index in [1.165, 1.54) is 62.9 Å². The zero-order valence-electron chi connectivity index (χ0n) is 12.2. The maximum atomic E-state index is 3.73. The normalized spacial score (nSPS) is 23.4. The van der Waals surface area contributed by atoms with Gasteiger partial charge in [-0.2, -0.15) is 0 Å². The van der Waals surface area contributed by atoms with Gasteiger partial charge in [0.1, 0.15) is 0 Å². The standard InChI is InChI=1S/C17H25BrN2/c18-14-17(7-4-8-17)15-20-11-9-19(10-12-20)13-16-5-2-1-3-6-16/h1-3,5-6H,4,7-15H2. The lowest BCUT2D eigenvalue weighted by Gasteiger charge is -2.46. The van der Waals surface area contributed by atoms with Crippen LogP contribution in [0.4, 0.5) is 0 Å². The van der Waals surface area contributed by atoms with Crippen molar-refractivity contribution in [3.63, 3.8) is 0 Å². The van der Waals surface area contributed by atoms with E-state index >= 15 is 0 Å². The Balaban J connectivity index is 1.45. The molecular formula is C17H25BrN2. The van der Waals surface area contributed by atoms with Crippen LogP contribution in [0.25, 0.3) is 0 Å². The first kappa shape index (κ1) is 14.6. The molecule has 1 saturated heterocycles. The number of benzene rings is 1. The Morgan fingerprint density at radius 2 is 1.60 bits per heavy atom. The summed E-state index contributed by atoms with van der Waals surface area (Å²) in [6.07, 6.45) is 4.27. The molecule has 0 N–H and O–H groups in total. The van der Waals surface area contributed by atoms with E-state index in [-0.39, 0.29) is 0 Å². The minimum Gasteiger partial charge on any atom is -0.300 e. The molecule has 3 rings (SSSR count). The van der Waals surface area contributed by atoms with Crippen molar-refractivity contribution >= 4 is 15.9 Å². The first-order valence-corrected chi connectivity index (χ1v) is 8.96. The molecule has 1 aliphatic carbocycles. The van der Waals surface area contributed by atoms with E-state index in [1.54, 1.807) is 0 Å². The number of nitrogens with zero attached hydrogens (tertiary/aromatic N) is 2. The number of halogens is 1. The first-order chi connectivity index (χ1) is 9.80. The molecule has 1 heterocycles. The summed E-state index contributed by atoms with van der Waals surface area (Å²) in [5, 5.41) is 1.18. The zero-order chi connectivity index (χ0) is 13.8. The summed E-state index contributed by atoms with van der Waals surface area (Å²) in [5.74, 6) is 0. The number of alkyl halides is 1. The number of hydrogen-bond acceptors (Lipinski definition) is 2. The Hall–Kier alpha value is -0.380. The van der Waals surface area contributed by atoms with Crippen LogP contribution < -0.4 is 0 Å². The summed E-state index contributed by atoms with van der Waals surface area (Å²) >= 11 is 3.73. The van der Waals surface area contributed by atoms with Gasteiger partial charge in [0.25, 0.3) is 0 Å².